The molecule has 1 saturated heterocycles. The van der Waals surface area contributed by atoms with E-state index >= 15 is 0 Å². The van der Waals surface area contributed by atoms with Gasteiger partial charge in [0.15, 0.2) is 0 Å². The molecule has 1 aliphatic heterocycles. The summed E-state index contributed by atoms with van der Waals surface area (Å²) in [4.78, 5) is 16.7. The Bertz CT molecular complexity index is 667. The van der Waals surface area contributed by atoms with Gasteiger partial charge in [0.2, 0.25) is 0 Å². The monoisotopic (exact) mass is 315 g/mol. The van der Waals surface area contributed by atoms with Crippen molar-refractivity contribution in [3.63, 3.8) is 0 Å². The Morgan fingerprint density at radius 2 is 2.17 bits per heavy atom. The molecule has 0 radical (unpaired) electrons. The highest BCUT2D eigenvalue weighted by Crippen LogP contribution is 2.25. The average molecular weight is 315 g/mol. The van der Waals surface area contributed by atoms with Crippen LogP contribution >= 0.6 is 0 Å². The van der Waals surface area contributed by atoms with Crippen molar-refractivity contribution in [2.45, 2.75) is 26.5 Å². The lowest BCUT2D eigenvalue weighted by molar-refractivity contribution is -0.0354. The fourth-order valence-electron chi connectivity index (χ4n) is 2.88. The number of nitrogens with one attached hydrogen (secondary N) is 1. The van der Waals surface area contributed by atoms with Gasteiger partial charge in [-0.3, -0.25) is 9.88 Å². The quantitative estimate of drug-likeness (QED) is 0.936. The summed E-state index contributed by atoms with van der Waals surface area (Å²) in [6, 6.07) is 4.22. The van der Waals surface area contributed by atoms with Crippen LogP contribution in [0.1, 0.15) is 28.9 Å². The third kappa shape index (κ3) is 3.71. The van der Waals surface area contributed by atoms with Gasteiger partial charge in [0, 0.05) is 50.8 Å². The minimum absolute atomic E-state index is 0.0154. The second-order valence-corrected chi connectivity index (χ2v) is 6.35. The number of ether oxygens (including phenoxy) is 1. The topological polar surface area (TPSA) is 57.3 Å². The predicted molar refractivity (Wildman–Crippen MR) is 90.6 cm³/mol. The molecule has 3 heterocycles. The molecule has 0 bridgehead atoms. The number of rotatable bonds is 4. The Balaban J connectivity index is 1.74. The Morgan fingerprint density at radius 1 is 1.35 bits per heavy atom. The number of imidazole rings is 1. The minimum atomic E-state index is 0.0154. The molecule has 0 unspecified atom stereocenters. The Labute approximate surface area is 137 Å². The highest BCUT2D eigenvalue weighted by atomic mass is 16.5. The Hall–Kier alpha value is -1.92. The van der Waals surface area contributed by atoms with E-state index in [0.717, 1.165) is 54.7 Å². The lowest BCUT2D eigenvalue weighted by atomic mass is 10.1. The zero-order chi connectivity index (χ0) is 16.4. The molecule has 0 amide bonds. The summed E-state index contributed by atoms with van der Waals surface area (Å²) in [6.07, 6.45) is 1.77. The minimum Gasteiger partial charge on any atom is -0.378 e. The number of aromatic nitrogens is 3. The van der Waals surface area contributed by atoms with Gasteiger partial charge < -0.3 is 14.6 Å². The van der Waals surface area contributed by atoms with E-state index in [9.17, 15) is 0 Å². The van der Waals surface area contributed by atoms with E-state index in [1.165, 1.54) is 0 Å². The first-order valence-corrected chi connectivity index (χ1v) is 8.01. The van der Waals surface area contributed by atoms with Gasteiger partial charge in [-0.25, -0.2) is 4.98 Å². The van der Waals surface area contributed by atoms with Crippen molar-refractivity contribution >= 4 is 5.69 Å². The molecule has 1 N–H and O–H groups in total. The average Bonchev–Trinajstić information content (AvgIpc) is 2.92. The molecule has 3 rings (SSSR count). The summed E-state index contributed by atoms with van der Waals surface area (Å²) in [7, 11) is 4.10. The number of morpholine rings is 1. The lowest BCUT2D eigenvalue weighted by Gasteiger charge is -2.32. The summed E-state index contributed by atoms with van der Waals surface area (Å²) >= 11 is 0. The standard InChI is InChI=1S/C17H25N5O/c1-12-7-14(21(3)4)8-15(20-12)17-10-22(5-6-23-17)9-16-13(2)18-11-19-16/h7-8,11,17H,5-6,9-10H2,1-4H3,(H,18,19)/t17-/m1/s1. The fraction of sp³-hybridized carbons (Fsp3) is 0.529. The normalized spacial score (nSPS) is 19.0. The summed E-state index contributed by atoms with van der Waals surface area (Å²) in [5, 5.41) is 0. The maximum absolute atomic E-state index is 5.98. The van der Waals surface area contributed by atoms with E-state index in [4.69, 9.17) is 4.74 Å². The third-order valence-corrected chi connectivity index (χ3v) is 4.26. The van der Waals surface area contributed by atoms with Crippen LogP contribution in [0.5, 0.6) is 0 Å². The first-order chi connectivity index (χ1) is 11.0. The van der Waals surface area contributed by atoms with Crippen molar-refractivity contribution in [3.8, 4) is 0 Å². The molecule has 1 atom stereocenters. The van der Waals surface area contributed by atoms with Crippen LogP contribution < -0.4 is 4.90 Å². The van der Waals surface area contributed by atoms with E-state index in [1.807, 2.05) is 21.0 Å². The molecule has 0 saturated carbocycles. The van der Waals surface area contributed by atoms with Gasteiger partial charge in [0.25, 0.3) is 0 Å². The first-order valence-electron chi connectivity index (χ1n) is 8.01. The van der Waals surface area contributed by atoms with Crippen molar-refractivity contribution in [3.05, 3.63) is 41.2 Å². The molecule has 23 heavy (non-hydrogen) atoms. The van der Waals surface area contributed by atoms with E-state index in [2.05, 4.69) is 43.8 Å². The van der Waals surface area contributed by atoms with Crippen molar-refractivity contribution < 1.29 is 4.74 Å². The number of aryl methyl sites for hydroxylation is 2. The molecule has 0 spiro atoms. The van der Waals surface area contributed by atoms with Gasteiger partial charge in [-0.1, -0.05) is 0 Å². The number of anilines is 1. The zero-order valence-corrected chi connectivity index (χ0v) is 14.3. The van der Waals surface area contributed by atoms with Gasteiger partial charge in [-0.2, -0.15) is 0 Å². The molecule has 6 nitrogen and oxygen atoms in total. The number of hydrogen-bond donors (Lipinski definition) is 1. The van der Waals surface area contributed by atoms with Crippen LogP contribution in [0.3, 0.4) is 0 Å². The van der Waals surface area contributed by atoms with Crippen molar-refractivity contribution in [1.82, 2.24) is 19.9 Å². The maximum atomic E-state index is 5.98. The molecule has 2 aromatic rings. The van der Waals surface area contributed by atoms with Gasteiger partial charge >= 0.3 is 0 Å². The largest absolute Gasteiger partial charge is 0.378 e. The molecular weight excluding hydrogens is 290 g/mol. The summed E-state index contributed by atoms with van der Waals surface area (Å²) in [6.45, 7) is 7.43. The SMILES string of the molecule is Cc1cc(N(C)C)cc([C@H]2CN(Cc3nc[nH]c3C)CCO2)n1. The highest BCUT2D eigenvalue weighted by Gasteiger charge is 2.24. The number of pyridine rings is 1. The Kier molecular flexibility index (Phi) is 4.63. The van der Waals surface area contributed by atoms with Gasteiger partial charge in [0.1, 0.15) is 6.10 Å². The number of nitrogens with zero attached hydrogens (tertiary/aromatic N) is 4. The predicted octanol–water partition coefficient (Wildman–Crippen LogP) is 2.06. The van der Waals surface area contributed by atoms with E-state index < -0.39 is 0 Å². The van der Waals surface area contributed by atoms with E-state index in [1.54, 1.807) is 6.33 Å². The van der Waals surface area contributed by atoms with Crippen LogP contribution in [0.25, 0.3) is 0 Å². The highest BCUT2D eigenvalue weighted by molar-refractivity contribution is 5.47. The van der Waals surface area contributed by atoms with Crippen LogP contribution in [0.4, 0.5) is 5.69 Å². The summed E-state index contributed by atoms with van der Waals surface area (Å²) in [5.41, 5.74) is 5.44. The van der Waals surface area contributed by atoms with Crippen LogP contribution in [0.15, 0.2) is 18.5 Å². The van der Waals surface area contributed by atoms with Crippen LogP contribution in [0.2, 0.25) is 0 Å². The molecule has 2 aromatic heterocycles. The molecule has 0 aliphatic carbocycles. The molecular formula is C17H25N5O. The van der Waals surface area contributed by atoms with Gasteiger partial charge in [-0.15, -0.1) is 0 Å². The van der Waals surface area contributed by atoms with Crippen molar-refractivity contribution in [1.29, 1.82) is 0 Å². The Morgan fingerprint density at radius 3 is 2.87 bits per heavy atom. The lowest BCUT2D eigenvalue weighted by Crippen LogP contribution is -2.38. The van der Waals surface area contributed by atoms with Crippen molar-refractivity contribution in [2.75, 3.05) is 38.7 Å². The second-order valence-electron chi connectivity index (χ2n) is 6.35. The second kappa shape index (κ2) is 6.68. The summed E-state index contributed by atoms with van der Waals surface area (Å²) in [5.74, 6) is 0. The molecule has 1 fully saturated rings. The molecule has 0 aromatic carbocycles. The van der Waals surface area contributed by atoms with Crippen molar-refractivity contribution in [2.24, 2.45) is 0 Å². The first kappa shape index (κ1) is 16.0. The maximum Gasteiger partial charge on any atom is 0.112 e. The van der Waals surface area contributed by atoms with E-state index in [0.29, 0.717) is 0 Å². The van der Waals surface area contributed by atoms with Gasteiger partial charge in [0.05, 0.1) is 24.3 Å². The third-order valence-electron chi connectivity index (χ3n) is 4.26. The smallest absolute Gasteiger partial charge is 0.112 e. The molecule has 1 aliphatic rings. The van der Waals surface area contributed by atoms with E-state index in [-0.39, 0.29) is 6.10 Å². The van der Waals surface area contributed by atoms with Crippen LogP contribution in [0, 0.1) is 13.8 Å². The fourth-order valence-corrected chi connectivity index (χ4v) is 2.88. The van der Waals surface area contributed by atoms with Crippen LogP contribution in [-0.2, 0) is 11.3 Å². The molecule has 6 heteroatoms. The molecule has 124 valence electrons. The summed E-state index contributed by atoms with van der Waals surface area (Å²) < 4.78 is 5.98. The number of H-pyrrole nitrogens is 1. The van der Waals surface area contributed by atoms with Crippen LogP contribution in [-0.4, -0.2) is 53.6 Å². The van der Waals surface area contributed by atoms with Gasteiger partial charge in [-0.05, 0) is 26.0 Å². The number of aromatic amines is 1. The number of hydrogen-bond acceptors (Lipinski definition) is 5. The zero-order valence-electron chi connectivity index (χ0n) is 14.3.